The lowest BCUT2D eigenvalue weighted by Gasteiger charge is -2.03. The molecular weight excluding hydrogens is 326 g/mol. The van der Waals surface area contributed by atoms with Gasteiger partial charge in [-0.1, -0.05) is 23.2 Å². The van der Waals surface area contributed by atoms with Gasteiger partial charge < -0.3 is 4.74 Å². The van der Waals surface area contributed by atoms with Crippen LogP contribution in [-0.2, 0) is 4.74 Å². The molecule has 0 saturated carbocycles. The Morgan fingerprint density at radius 2 is 2.08 bits per heavy atom. The topological polar surface area (TPSA) is 26.3 Å². The van der Waals surface area contributed by atoms with Crippen molar-refractivity contribution >= 4 is 51.8 Å². The fourth-order valence-electron chi connectivity index (χ4n) is 0.791. The Morgan fingerprint density at radius 3 is 2.54 bits per heavy atom. The van der Waals surface area contributed by atoms with Crippen molar-refractivity contribution in [3.05, 3.63) is 31.3 Å². The van der Waals surface area contributed by atoms with Gasteiger partial charge >= 0.3 is 5.97 Å². The van der Waals surface area contributed by atoms with Crippen molar-refractivity contribution in [3.8, 4) is 0 Å². The molecule has 0 aliphatic carbocycles. The van der Waals surface area contributed by atoms with Crippen molar-refractivity contribution in [2.45, 2.75) is 0 Å². The highest BCUT2D eigenvalue weighted by Gasteiger charge is 2.10. The van der Waals surface area contributed by atoms with Crippen LogP contribution < -0.4 is 0 Å². The summed E-state index contributed by atoms with van der Waals surface area (Å²) in [6, 6.07) is 3.11. The number of rotatable bonds is 1. The van der Waals surface area contributed by atoms with Crippen molar-refractivity contribution in [2.75, 3.05) is 7.11 Å². The number of hydrogen-bond acceptors (Lipinski definition) is 2. The van der Waals surface area contributed by atoms with Crippen LogP contribution in [0.1, 0.15) is 10.4 Å². The van der Waals surface area contributed by atoms with Crippen LogP contribution in [0.2, 0.25) is 10.0 Å². The highest BCUT2D eigenvalue weighted by molar-refractivity contribution is 14.1. The van der Waals surface area contributed by atoms with Gasteiger partial charge in [-0.3, -0.25) is 0 Å². The molecule has 0 bridgehead atoms. The van der Waals surface area contributed by atoms with Gasteiger partial charge in [-0.05, 0) is 34.7 Å². The van der Waals surface area contributed by atoms with Crippen molar-refractivity contribution < 1.29 is 9.53 Å². The van der Waals surface area contributed by atoms with Crippen molar-refractivity contribution in [1.29, 1.82) is 0 Å². The quantitative estimate of drug-likeness (QED) is 0.448. The van der Waals surface area contributed by atoms with Crippen LogP contribution in [0.5, 0.6) is 0 Å². The van der Waals surface area contributed by atoms with Crippen LogP contribution in [0.25, 0.3) is 0 Å². The van der Waals surface area contributed by atoms with Crippen LogP contribution in [-0.4, -0.2) is 13.1 Å². The summed E-state index contributed by atoms with van der Waals surface area (Å²) in [5.41, 5.74) is 0.404. The van der Waals surface area contributed by atoms with E-state index >= 15 is 0 Å². The van der Waals surface area contributed by atoms with Crippen molar-refractivity contribution in [1.82, 2.24) is 0 Å². The molecule has 0 saturated heterocycles. The highest BCUT2D eigenvalue weighted by Crippen LogP contribution is 2.28. The SMILES string of the molecule is COC(=O)c1cc(Cl)c(Cl)c(I)c1. The number of carbonyl (C=O) groups excluding carboxylic acids is 1. The normalized spacial score (nSPS) is 9.85. The first-order valence-electron chi connectivity index (χ1n) is 3.29. The van der Waals surface area contributed by atoms with Gasteiger partial charge in [0.1, 0.15) is 0 Å². The maximum atomic E-state index is 11.1. The summed E-state index contributed by atoms with van der Waals surface area (Å²) in [4.78, 5) is 11.1. The summed E-state index contributed by atoms with van der Waals surface area (Å²) in [5, 5.41) is 0.809. The zero-order valence-electron chi connectivity index (χ0n) is 6.61. The molecule has 2 nitrogen and oxygen atoms in total. The molecule has 0 aliphatic rings. The second kappa shape index (κ2) is 4.48. The molecule has 1 aromatic rings. The highest BCUT2D eigenvalue weighted by atomic mass is 127. The minimum absolute atomic E-state index is 0.356. The molecule has 0 unspecified atom stereocenters. The van der Waals surface area contributed by atoms with E-state index in [4.69, 9.17) is 23.2 Å². The molecule has 0 aromatic heterocycles. The predicted molar refractivity (Wildman–Crippen MR) is 60.5 cm³/mol. The van der Waals surface area contributed by atoms with Gasteiger partial charge in [0.2, 0.25) is 0 Å². The fraction of sp³-hybridized carbons (Fsp3) is 0.125. The minimum atomic E-state index is -0.420. The zero-order chi connectivity index (χ0) is 10.0. The van der Waals surface area contributed by atoms with E-state index in [0.29, 0.717) is 15.6 Å². The van der Waals surface area contributed by atoms with E-state index in [1.165, 1.54) is 13.2 Å². The number of methoxy groups -OCH3 is 1. The maximum absolute atomic E-state index is 11.1. The molecular formula is C8H5Cl2IO2. The summed E-state index contributed by atoms with van der Waals surface area (Å²) in [6.07, 6.45) is 0. The summed E-state index contributed by atoms with van der Waals surface area (Å²) in [5.74, 6) is -0.420. The summed E-state index contributed by atoms with van der Waals surface area (Å²) in [6.45, 7) is 0. The third-order valence-corrected chi connectivity index (χ3v) is 3.38. The van der Waals surface area contributed by atoms with E-state index in [-0.39, 0.29) is 0 Å². The Kier molecular flexibility index (Phi) is 3.82. The molecule has 0 fully saturated rings. The van der Waals surface area contributed by atoms with Crippen LogP contribution in [0, 0.1) is 3.57 Å². The monoisotopic (exact) mass is 330 g/mol. The smallest absolute Gasteiger partial charge is 0.337 e. The molecule has 13 heavy (non-hydrogen) atoms. The van der Waals surface area contributed by atoms with Crippen LogP contribution in [0.15, 0.2) is 12.1 Å². The Hall–Kier alpha value is -0.000000000000000111. The zero-order valence-corrected chi connectivity index (χ0v) is 10.3. The van der Waals surface area contributed by atoms with Crippen molar-refractivity contribution in [2.24, 2.45) is 0 Å². The van der Waals surface area contributed by atoms with Gasteiger partial charge in [0.25, 0.3) is 0 Å². The second-order valence-electron chi connectivity index (χ2n) is 2.25. The number of esters is 1. The lowest BCUT2D eigenvalue weighted by atomic mass is 10.2. The Bertz CT molecular complexity index is 329. The summed E-state index contributed by atoms with van der Waals surface area (Å²) in [7, 11) is 1.32. The fourth-order valence-corrected chi connectivity index (χ4v) is 1.91. The molecule has 0 heterocycles. The van der Waals surface area contributed by atoms with E-state index in [2.05, 4.69) is 4.74 Å². The van der Waals surface area contributed by atoms with Gasteiger partial charge in [0.05, 0.1) is 22.7 Å². The van der Waals surface area contributed by atoms with E-state index in [9.17, 15) is 4.79 Å². The standard InChI is InChI=1S/C8H5Cl2IO2/c1-13-8(12)4-2-5(9)7(10)6(11)3-4/h2-3H,1H3. The molecule has 0 spiro atoms. The second-order valence-corrected chi connectivity index (χ2v) is 4.19. The van der Waals surface area contributed by atoms with Gasteiger partial charge in [-0.25, -0.2) is 4.79 Å². The molecule has 0 radical (unpaired) electrons. The minimum Gasteiger partial charge on any atom is -0.465 e. The first-order chi connectivity index (χ1) is 6.06. The Labute approximate surface area is 99.3 Å². The molecule has 0 N–H and O–H groups in total. The molecule has 1 aromatic carbocycles. The predicted octanol–water partition coefficient (Wildman–Crippen LogP) is 3.38. The average molecular weight is 331 g/mol. The van der Waals surface area contributed by atoms with Gasteiger partial charge in [-0.15, -0.1) is 0 Å². The molecule has 5 heteroatoms. The van der Waals surface area contributed by atoms with E-state index in [1.54, 1.807) is 6.07 Å². The molecule has 1 rings (SSSR count). The summed E-state index contributed by atoms with van der Waals surface area (Å²) < 4.78 is 5.27. The van der Waals surface area contributed by atoms with Gasteiger partial charge in [0.15, 0.2) is 0 Å². The first kappa shape index (κ1) is 11.1. The van der Waals surface area contributed by atoms with E-state index in [0.717, 1.165) is 3.57 Å². The largest absolute Gasteiger partial charge is 0.465 e. The molecule has 70 valence electrons. The van der Waals surface area contributed by atoms with Crippen molar-refractivity contribution in [3.63, 3.8) is 0 Å². The number of benzene rings is 1. The van der Waals surface area contributed by atoms with Gasteiger partial charge in [0, 0.05) is 3.57 Å². The number of carbonyl (C=O) groups is 1. The number of halogens is 3. The van der Waals surface area contributed by atoms with E-state index < -0.39 is 5.97 Å². The Balaban J connectivity index is 3.20. The van der Waals surface area contributed by atoms with Crippen LogP contribution in [0.4, 0.5) is 0 Å². The number of ether oxygens (including phenoxy) is 1. The van der Waals surface area contributed by atoms with Gasteiger partial charge in [-0.2, -0.15) is 0 Å². The number of hydrogen-bond donors (Lipinski definition) is 0. The molecule has 0 atom stereocenters. The third-order valence-electron chi connectivity index (χ3n) is 1.40. The van der Waals surface area contributed by atoms with Crippen LogP contribution in [0.3, 0.4) is 0 Å². The average Bonchev–Trinajstić information content (AvgIpc) is 2.12. The first-order valence-corrected chi connectivity index (χ1v) is 5.12. The lowest BCUT2D eigenvalue weighted by molar-refractivity contribution is 0.0600. The van der Waals surface area contributed by atoms with E-state index in [1.807, 2.05) is 22.6 Å². The molecule has 0 aliphatic heterocycles. The maximum Gasteiger partial charge on any atom is 0.337 e. The summed E-state index contributed by atoms with van der Waals surface area (Å²) >= 11 is 13.6. The van der Waals surface area contributed by atoms with Crippen LogP contribution >= 0.6 is 45.8 Å². The Morgan fingerprint density at radius 1 is 1.46 bits per heavy atom. The lowest BCUT2D eigenvalue weighted by Crippen LogP contribution is -2.01. The third kappa shape index (κ3) is 2.48. The molecule has 0 amide bonds.